The molecule has 0 saturated carbocycles. The van der Waals surface area contributed by atoms with Crippen molar-refractivity contribution in [3.63, 3.8) is 0 Å². The van der Waals surface area contributed by atoms with E-state index in [4.69, 9.17) is 5.73 Å². The van der Waals surface area contributed by atoms with Crippen LogP contribution in [-0.2, 0) is 9.53 Å². The van der Waals surface area contributed by atoms with E-state index in [1.54, 1.807) is 13.8 Å². The maximum atomic E-state index is 11.7. The number of carbonyl (C=O) groups excluding carboxylic acids is 1. The van der Waals surface area contributed by atoms with Crippen LogP contribution in [0.25, 0.3) is 0 Å². The zero-order valence-corrected chi connectivity index (χ0v) is 10.1. The highest BCUT2D eigenvalue weighted by molar-refractivity contribution is 5.80. The van der Waals surface area contributed by atoms with E-state index in [1.807, 2.05) is 0 Å². The van der Waals surface area contributed by atoms with Crippen LogP contribution in [0.5, 0.6) is 0 Å². The van der Waals surface area contributed by atoms with Crippen LogP contribution in [0.1, 0.15) is 20.3 Å². The summed E-state index contributed by atoms with van der Waals surface area (Å²) >= 11 is 0. The van der Waals surface area contributed by atoms with Crippen LogP contribution >= 0.6 is 0 Å². The zero-order chi connectivity index (χ0) is 13.5. The standard InChI is InChI=1S/C10H19F3N2O2/c1-9(2,8(14)16)6-15-4-3-5-17-7-10(11,12)13/h15H,3-7H2,1-2H3,(H2,14,16). The van der Waals surface area contributed by atoms with Crippen LogP contribution in [0, 0.1) is 5.41 Å². The van der Waals surface area contributed by atoms with Crippen molar-refractivity contribution in [2.24, 2.45) is 11.1 Å². The maximum Gasteiger partial charge on any atom is 0.411 e. The first-order valence-electron chi connectivity index (χ1n) is 5.30. The Hall–Kier alpha value is -0.820. The highest BCUT2D eigenvalue weighted by atomic mass is 19.4. The molecule has 0 atom stereocenters. The van der Waals surface area contributed by atoms with E-state index in [-0.39, 0.29) is 6.61 Å². The van der Waals surface area contributed by atoms with Gasteiger partial charge in [-0.05, 0) is 26.8 Å². The Bertz CT molecular complexity index is 242. The highest BCUT2D eigenvalue weighted by Crippen LogP contribution is 2.14. The molecule has 7 heteroatoms. The van der Waals surface area contributed by atoms with Crippen LogP contribution in [0.2, 0.25) is 0 Å². The first-order valence-corrected chi connectivity index (χ1v) is 5.30. The van der Waals surface area contributed by atoms with Gasteiger partial charge in [-0.2, -0.15) is 13.2 Å². The van der Waals surface area contributed by atoms with Gasteiger partial charge in [-0.3, -0.25) is 4.79 Å². The summed E-state index contributed by atoms with van der Waals surface area (Å²) in [4.78, 5) is 10.9. The number of nitrogens with one attached hydrogen (secondary N) is 1. The largest absolute Gasteiger partial charge is 0.411 e. The van der Waals surface area contributed by atoms with Crippen LogP contribution in [-0.4, -0.2) is 38.4 Å². The molecule has 1 amide bonds. The van der Waals surface area contributed by atoms with Gasteiger partial charge in [0.05, 0.1) is 5.41 Å². The fraction of sp³-hybridized carbons (Fsp3) is 0.900. The average Bonchev–Trinajstić information content (AvgIpc) is 2.14. The number of rotatable bonds is 8. The van der Waals surface area contributed by atoms with Gasteiger partial charge in [0.1, 0.15) is 6.61 Å². The highest BCUT2D eigenvalue weighted by Gasteiger charge is 2.27. The molecule has 0 saturated heterocycles. The molecule has 0 aliphatic carbocycles. The Morgan fingerprint density at radius 3 is 2.41 bits per heavy atom. The molecule has 0 aliphatic rings. The van der Waals surface area contributed by atoms with Crippen LogP contribution in [0.3, 0.4) is 0 Å². The molecule has 0 aromatic carbocycles. The third-order valence-electron chi connectivity index (χ3n) is 2.14. The van der Waals surface area contributed by atoms with E-state index in [1.165, 1.54) is 0 Å². The average molecular weight is 256 g/mol. The summed E-state index contributed by atoms with van der Waals surface area (Å²) in [5.74, 6) is -0.418. The summed E-state index contributed by atoms with van der Waals surface area (Å²) < 4.78 is 39.5. The maximum absolute atomic E-state index is 11.7. The summed E-state index contributed by atoms with van der Waals surface area (Å²) in [6, 6.07) is 0. The van der Waals surface area contributed by atoms with Gasteiger partial charge < -0.3 is 15.8 Å². The number of alkyl halides is 3. The number of hydrogen-bond donors (Lipinski definition) is 2. The topological polar surface area (TPSA) is 64.3 Å². The molecule has 4 nitrogen and oxygen atoms in total. The fourth-order valence-electron chi connectivity index (χ4n) is 0.975. The Morgan fingerprint density at radius 1 is 1.35 bits per heavy atom. The molecule has 0 spiro atoms. The van der Waals surface area contributed by atoms with Crippen LogP contribution in [0.4, 0.5) is 13.2 Å². The van der Waals surface area contributed by atoms with Crippen molar-refractivity contribution in [3.8, 4) is 0 Å². The van der Waals surface area contributed by atoms with Crippen molar-refractivity contribution in [2.75, 3.05) is 26.3 Å². The van der Waals surface area contributed by atoms with Crippen molar-refractivity contribution in [1.29, 1.82) is 0 Å². The number of hydrogen-bond acceptors (Lipinski definition) is 3. The summed E-state index contributed by atoms with van der Waals surface area (Å²) in [6.45, 7) is 3.07. The molecular formula is C10H19F3N2O2. The van der Waals surface area contributed by atoms with Gasteiger partial charge in [-0.25, -0.2) is 0 Å². The van der Waals surface area contributed by atoms with Crippen molar-refractivity contribution < 1.29 is 22.7 Å². The first kappa shape index (κ1) is 16.2. The van der Waals surface area contributed by atoms with Gasteiger partial charge in [0.2, 0.25) is 5.91 Å². The number of nitrogens with two attached hydrogens (primary N) is 1. The Morgan fingerprint density at radius 2 is 1.94 bits per heavy atom. The Labute approximate surface area is 98.7 Å². The van der Waals surface area contributed by atoms with Gasteiger partial charge >= 0.3 is 6.18 Å². The smallest absolute Gasteiger partial charge is 0.372 e. The Balaban J connectivity index is 3.45. The van der Waals surface area contributed by atoms with E-state index in [2.05, 4.69) is 10.1 Å². The molecule has 17 heavy (non-hydrogen) atoms. The Kier molecular flexibility index (Phi) is 6.48. The van der Waals surface area contributed by atoms with E-state index < -0.39 is 24.1 Å². The van der Waals surface area contributed by atoms with E-state index in [0.29, 0.717) is 19.5 Å². The molecule has 0 heterocycles. The summed E-state index contributed by atoms with van der Waals surface area (Å²) in [5.41, 5.74) is 4.49. The van der Waals surface area contributed by atoms with Crippen LogP contribution in [0.15, 0.2) is 0 Å². The van der Waals surface area contributed by atoms with E-state index >= 15 is 0 Å². The molecule has 0 aromatic heterocycles. The second kappa shape index (κ2) is 6.80. The lowest BCUT2D eigenvalue weighted by atomic mass is 9.93. The van der Waals surface area contributed by atoms with E-state index in [9.17, 15) is 18.0 Å². The predicted octanol–water partition coefficient (Wildman–Crippen LogP) is 1.06. The van der Waals surface area contributed by atoms with Gasteiger partial charge in [0.15, 0.2) is 0 Å². The van der Waals surface area contributed by atoms with Gasteiger partial charge in [-0.1, -0.05) is 0 Å². The number of amides is 1. The molecule has 3 N–H and O–H groups in total. The van der Waals surface area contributed by atoms with Crippen molar-refractivity contribution in [3.05, 3.63) is 0 Å². The lowest BCUT2D eigenvalue weighted by Gasteiger charge is -2.20. The minimum Gasteiger partial charge on any atom is -0.372 e. The lowest BCUT2D eigenvalue weighted by molar-refractivity contribution is -0.174. The number of halogens is 3. The van der Waals surface area contributed by atoms with Crippen molar-refractivity contribution in [1.82, 2.24) is 5.32 Å². The normalized spacial score (nSPS) is 12.8. The number of primary amides is 1. The molecule has 102 valence electrons. The lowest BCUT2D eigenvalue weighted by Crippen LogP contribution is -2.40. The second-order valence-electron chi connectivity index (χ2n) is 4.45. The monoisotopic (exact) mass is 256 g/mol. The first-order chi connectivity index (χ1) is 7.65. The minimum atomic E-state index is -4.28. The summed E-state index contributed by atoms with van der Waals surface area (Å²) in [5, 5.41) is 2.94. The molecule has 0 fully saturated rings. The number of ether oxygens (including phenoxy) is 1. The third-order valence-corrected chi connectivity index (χ3v) is 2.14. The SMILES string of the molecule is CC(C)(CNCCCOCC(F)(F)F)C(N)=O. The predicted molar refractivity (Wildman–Crippen MR) is 57.3 cm³/mol. The summed E-state index contributed by atoms with van der Waals surface area (Å²) in [6.07, 6.45) is -3.83. The molecule has 0 unspecified atom stereocenters. The van der Waals surface area contributed by atoms with E-state index in [0.717, 1.165) is 0 Å². The molecular weight excluding hydrogens is 237 g/mol. The molecule has 0 bridgehead atoms. The molecule has 0 radical (unpaired) electrons. The van der Waals surface area contributed by atoms with Gasteiger partial charge in [0, 0.05) is 13.2 Å². The molecule has 0 aliphatic heterocycles. The van der Waals surface area contributed by atoms with Gasteiger partial charge in [-0.15, -0.1) is 0 Å². The quantitative estimate of drug-likeness (QED) is 0.638. The third kappa shape index (κ3) is 8.93. The number of carbonyl (C=O) groups is 1. The second-order valence-corrected chi connectivity index (χ2v) is 4.45. The van der Waals surface area contributed by atoms with Crippen molar-refractivity contribution in [2.45, 2.75) is 26.4 Å². The van der Waals surface area contributed by atoms with Gasteiger partial charge in [0.25, 0.3) is 0 Å². The van der Waals surface area contributed by atoms with Crippen LogP contribution < -0.4 is 11.1 Å². The fourth-order valence-corrected chi connectivity index (χ4v) is 0.975. The zero-order valence-electron chi connectivity index (χ0n) is 10.1. The summed E-state index contributed by atoms with van der Waals surface area (Å²) in [7, 11) is 0. The van der Waals surface area contributed by atoms with Crippen molar-refractivity contribution >= 4 is 5.91 Å². The molecule has 0 rings (SSSR count). The molecule has 0 aromatic rings. The minimum absolute atomic E-state index is 0.0313.